The van der Waals surface area contributed by atoms with Crippen LogP contribution in [0.4, 0.5) is 17.1 Å². The maximum Gasteiger partial charge on any atom is 0.270 e. The minimum atomic E-state index is -4.21. The van der Waals surface area contributed by atoms with Gasteiger partial charge in [0.05, 0.1) is 29.6 Å². The van der Waals surface area contributed by atoms with Gasteiger partial charge in [0.15, 0.2) is 0 Å². The molecule has 0 aliphatic heterocycles. The number of para-hydroxylation sites is 2. The van der Waals surface area contributed by atoms with Gasteiger partial charge in [0.25, 0.3) is 15.7 Å². The van der Waals surface area contributed by atoms with Crippen LogP contribution in [0.5, 0.6) is 5.75 Å². The molecule has 0 amide bonds. The molecule has 0 saturated carbocycles. The van der Waals surface area contributed by atoms with E-state index in [9.17, 15) is 18.5 Å². The van der Waals surface area contributed by atoms with Gasteiger partial charge in [-0.15, -0.1) is 0 Å². The third kappa shape index (κ3) is 5.41. The van der Waals surface area contributed by atoms with Crippen LogP contribution in [0.15, 0.2) is 76.7 Å². The second-order valence-electron chi connectivity index (χ2n) is 6.71. The number of rotatable bonds is 9. The van der Waals surface area contributed by atoms with Crippen molar-refractivity contribution in [2.75, 3.05) is 17.3 Å². The highest BCUT2D eigenvalue weighted by atomic mass is 32.2. The van der Waals surface area contributed by atoms with Crippen LogP contribution in [0.1, 0.15) is 18.1 Å². The lowest BCUT2D eigenvalue weighted by atomic mass is 10.1. The van der Waals surface area contributed by atoms with E-state index < -0.39 is 14.9 Å². The van der Waals surface area contributed by atoms with Crippen LogP contribution in [0.2, 0.25) is 0 Å². The van der Waals surface area contributed by atoms with E-state index in [0.29, 0.717) is 5.75 Å². The lowest BCUT2D eigenvalue weighted by Crippen LogP contribution is -2.15. The van der Waals surface area contributed by atoms with Crippen LogP contribution >= 0.6 is 0 Å². The van der Waals surface area contributed by atoms with E-state index in [0.717, 1.165) is 18.1 Å². The standard InChI is InChI=1S/C22H22N4O5S/c1-3-16-8-10-17(11-9-16)15-23-24-20-13-12-18(26(27)28)14-22(20)32(29,30)25-19-6-4-5-7-21(19)31-2/h4-15,24-25H,3H2,1-2H3. The van der Waals surface area contributed by atoms with Gasteiger partial charge in [0.2, 0.25) is 0 Å². The molecule has 3 aromatic rings. The topological polar surface area (TPSA) is 123 Å². The Morgan fingerprint density at radius 3 is 2.44 bits per heavy atom. The van der Waals surface area contributed by atoms with Gasteiger partial charge in [-0.2, -0.15) is 5.10 Å². The Hall–Kier alpha value is -3.92. The number of methoxy groups -OCH3 is 1. The number of aryl methyl sites for hydroxylation is 1. The van der Waals surface area contributed by atoms with Crippen molar-refractivity contribution in [2.45, 2.75) is 18.2 Å². The highest BCUT2D eigenvalue weighted by Gasteiger charge is 2.23. The molecule has 32 heavy (non-hydrogen) atoms. The smallest absolute Gasteiger partial charge is 0.270 e. The van der Waals surface area contributed by atoms with Gasteiger partial charge in [0, 0.05) is 12.1 Å². The zero-order valence-corrected chi connectivity index (χ0v) is 18.3. The number of nitro groups is 1. The van der Waals surface area contributed by atoms with Crippen molar-refractivity contribution in [3.63, 3.8) is 0 Å². The number of anilines is 2. The summed E-state index contributed by atoms with van der Waals surface area (Å²) in [6, 6.07) is 17.7. The van der Waals surface area contributed by atoms with Crippen molar-refractivity contribution in [3.8, 4) is 5.75 Å². The average Bonchev–Trinajstić information content (AvgIpc) is 2.79. The van der Waals surface area contributed by atoms with Crippen molar-refractivity contribution in [3.05, 3.63) is 88.0 Å². The molecule has 0 spiro atoms. The number of ether oxygens (including phenoxy) is 1. The number of hydrogen-bond acceptors (Lipinski definition) is 7. The molecule has 2 N–H and O–H groups in total. The quantitative estimate of drug-likeness (QED) is 0.280. The third-order valence-electron chi connectivity index (χ3n) is 4.60. The molecule has 10 heteroatoms. The van der Waals surface area contributed by atoms with Crippen LogP contribution in [-0.4, -0.2) is 26.7 Å². The number of non-ortho nitro benzene ring substituents is 1. The van der Waals surface area contributed by atoms with Gasteiger partial charge >= 0.3 is 0 Å². The van der Waals surface area contributed by atoms with Gasteiger partial charge in [0.1, 0.15) is 10.6 Å². The Morgan fingerprint density at radius 2 is 1.78 bits per heavy atom. The third-order valence-corrected chi connectivity index (χ3v) is 6.01. The van der Waals surface area contributed by atoms with Gasteiger partial charge in [-0.3, -0.25) is 20.3 Å². The first kappa shape index (κ1) is 22.8. The number of sulfonamides is 1. The zero-order chi connectivity index (χ0) is 23.1. The molecule has 0 heterocycles. The van der Waals surface area contributed by atoms with Crippen molar-refractivity contribution >= 4 is 33.3 Å². The molecule has 0 aromatic heterocycles. The first-order chi connectivity index (χ1) is 15.3. The van der Waals surface area contributed by atoms with Gasteiger partial charge in [-0.25, -0.2) is 8.42 Å². The number of nitrogens with one attached hydrogen (secondary N) is 2. The summed E-state index contributed by atoms with van der Waals surface area (Å²) in [7, 11) is -2.80. The molecule has 0 aliphatic rings. The van der Waals surface area contributed by atoms with Crippen LogP contribution < -0.4 is 14.9 Å². The molecule has 0 unspecified atom stereocenters. The Bertz CT molecular complexity index is 1240. The summed E-state index contributed by atoms with van der Waals surface area (Å²) in [6.45, 7) is 2.06. The SMILES string of the molecule is CCc1ccc(C=NNc2ccc([N+](=O)[O-])cc2S(=O)(=O)Nc2ccccc2OC)cc1. The summed E-state index contributed by atoms with van der Waals surface area (Å²) in [4.78, 5) is 10.2. The number of nitro benzene ring substituents is 1. The maximum absolute atomic E-state index is 13.1. The first-order valence-corrected chi connectivity index (χ1v) is 11.1. The molecule has 0 atom stereocenters. The minimum Gasteiger partial charge on any atom is -0.495 e. The molecule has 166 valence electrons. The summed E-state index contributed by atoms with van der Waals surface area (Å²) in [5.41, 5.74) is 4.59. The monoisotopic (exact) mass is 454 g/mol. The van der Waals surface area contributed by atoms with Crippen LogP contribution in [0, 0.1) is 10.1 Å². The average molecular weight is 455 g/mol. The Morgan fingerprint density at radius 1 is 1.06 bits per heavy atom. The summed E-state index contributed by atoms with van der Waals surface area (Å²) in [5, 5.41) is 15.3. The van der Waals surface area contributed by atoms with Gasteiger partial charge < -0.3 is 4.74 Å². The van der Waals surface area contributed by atoms with E-state index in [1.165, 1.54) is 37.1 Å². The highest BCUT2D eigenvalue weighted by molar-refractivity contribution is 7.93. The van der Waals surface area contributed by atoms with Crippen LogP contribution in [0.25, 0.3) is 0 Å². The lowest BCUT2D eigenvalue weighted by Gasteiger charge is -2.14. The second kappa shape index (κ2) is 9.92. The zero-order valence-electron chi connectivity index (χ0n) is 17.5. The number of hydrazone groups is 1. The molecule has 9 nitrogen and oxygen atoms in total. The molecule has 0 saturated heterocycles. The first-order valence-electron chi connectivity index (χ1n) is 9.66. The van der Waals surface area contributed by atoms with Gasteiger partial charge in [-0.05, 0) is 35.7 Å². The van der Waals surface area contributed by atoms with Crippen LogP contribution in [0.3, 0.4) is 0 Å². The molecule has 0 radical (unpaired) electrons. The number of benzene rings is 3. The summed E-state index contributed by atoms with van der Waals surface area (Å²) in [6.07, 6.45) is 2.45. The van der Waals surface area contributed by atoms with Crippen molar-refractivity contribution < 1.29 is 18.1 Å². The number of hydrogen-bond donors (Lipinski definition) is 2. The van der Waals surface area contributed by atoms with Crippen molar-refractivity contribution in [1.29, 1.82) is 0 Å². The summed E-state index contributed by atoms with van der Waals surface area (Å²) in [5.74, 6) is 0.310. The normalized spacial score (nSPS) is 11.3. The van der Waals surface area contributed by atoms with Crippen molar-refractivity contribution in [2.24, 2.45) is 5.10 Å². The fourth-order valence-electron chi connectivity index (χ4n) is 2.88. The largest absolute Gasteiger partial charge is 0.495 e. The molecule has 3 aromatic carbocycles. The maximum atomic E-state index is 13.1. The van der Waals surface area contributed by atoms with Gasteiger partial charge in [-0.1, -0.05) is 43.3 Å². The van der Waals surface area contributed by atoms with Crippen LogP contribution in [-0.2, 0) is 16.4 Å². The molecule has 0 aliphatic carbocycles. The minimum absolute atomic E-state index is 0.0828. The van der Waals surface area contributed by atoms with Crippen molar-refractivity contribution in [1.82, 2.24) is 0 Å². The highest BCUT2D eigenvalue weighted by Crippen LogP contribution is 2.31. The summed E-state index contributed by atoms with van der Waals surface area (Å²) < 4.78 is 33.8. The fraction of sp³-hybridized carbons (Fsp3) is 0.136. The molecular weight excluding hydrogens is 432 g/mol. The van der Waals surface area contributed by atoms with E-state index in [1.807, 2.05) is 24.3 Å². The predicted octanol–water partition coefficient (Wildman–Crippen LogP) is 4.41. The molecule has 0 bridgehead atoms. The number of nitrogens with zero attached hydrogens (tertiary/aromatic N) is 2. The second-order valence-corrected chi connectivity index (χ2v) is 8.36. The molecular formula is C22H22N4O5S. The van der Waals surface area contributed by atoms with E-state index in [-0.39, 0.29) is 22.0 Å². The Labute approximate surface area is 185 Å². The predicted molar refractivity (Wildman–Crippen MR) is 124 cm³/mol. The van der Waals surface area contributed by atoms with E-state index in [4.69, 9.17) is 4.74 Å². The Balaban J connectivity index is 1.93. The van der Waals surface area contributed by atoms with E-state index in [1.54, 1.807) is 18.2 Å². The molecule has 3 rings (SSSR count). The van der Waals surface area contributed by atoms with E-state index in [2.05, 4.69) is 22.2 Å². The van der Waals surface area contributed by atoms with E-state index >= 15 is 0 Å². The molecule has 0 fully saturated rings. The fourth-order valence-corrected chi connectivity index (χ4v) is 4.13. The summed E-state index contributed by atoms with van der Waals surface area (Å²) >= 11 is 0. The Kier molecular flexibility index (Phi) is 7.06. The lowest BCUT2D eigenvalue weighted by molar-refractivity contribution is -0.385.